The average Bonchev–Trinajstić information content (AvgIpc) is 2.57. The van der Waals surface area contributed by atoms with Gasteiger partial charge >= 0.3 is 18.2 Å². The third-order valence-electron chi connectivity index (χ3n) is 3.73. The van der Waals surface area contributed by atoms with Gasteiger partial charge in [0.25, 0.3) is 0 Å². The highest BCUT2D eigenvalue weighted by atomic mass is 19.4. The van der Waals surface area contributed by atoms with Crippen LogP contribution in [0.1, 0.15) is 31.1 Å². The molecule has 0 unspecified atom stereocenters. The molecule has 1 aliphatic heterocycles. The van der Waals surface area contributed by atoms with Gasteiger partial charge in [0.1, 0.15) is 22.7 Å². The van der Waals surface area contributed by atoms with E-state index >= 15 is 0 Å². The van der Waals surface area contributed by atoms with E-state index in [0.717, 1.165) is 6.20 Å². The molecule has 28 heavy (non-hydrogen) atoms. The van der Waals surface area contributed by atoms with Gasteiger partial charge in [0.05, 0.1) is 0 Å². The van der Waals surface area contributed by atoms with E-state index in [1.54, 1.807) is 25.7 Å². The van der Waals surface area contributed by atoms with Crippen molar-refractivity contribution < 1.29 is 37.3 Å². The Morgan fingerprint density at radius 2 is 1.79 bits per heavy atom. The number of pyridine rings is 1. The van der Waals surface area contributed by atoms with Gasteiger partial charge in [0.2, 0.25) is 0 Å². The van der Waals surface area contributed by atoms with Crippen LogP contribution in [0.5, 0.6) is 5.75 Å². The molecule has 1 amide bonds. The molecular formula is C17H22F3N3O5. The molecule has 1 N–H and O–H groups in total. The monoisotopic (exact) mass is 405 g/mol. The summed E-state index contributed by atoms with van der Waals surface area (Å²) in [7, 11) is 0. The molecule has 2 heterocycles. The lowest BCUT2D eigenvalue weighted by molar-refractivity contribution is -0.153. The molecule has 0 spiro atoms. The molecule has 0 aliphatic carbocycles. The van der Waals surface area contributed by atoms with E-state index in [1.165, 1.54) is 11.0 Å². The molecule has 1 aliphatic rings. The molecule has 1 saturated heterocycles. The molecule has 8 nitrogen and oxygen atoms in total. The van der Waals surface area contributed by atoms with Crippen molar-refractivity contribution in [2.45, 2.75) is 32.5 Å². The van der Waals surface area contributed by atoms with Crippen LogP contribution in [-0.4, -0.2) is 71.6 Å². The van der Waals surface area contributed by atoms with Gasteiger partial charge in [0.15, 0.2) is 6.61 Å². The summed E-state index contributed by atoms with van der Waals surface area (Å²) >= 11 is 0. The SMILES string of the molecule is CC(C)(C)OC(=O)N1CCN(c2cc(OCC(F)(F)F)c(C(=O)O)cn2)CC1. The zero-order chi connectivity index (χ0) is 21.1. The topological polar surface area (TPSA) is 92.2 Å². The quantitative estimate of drug-likeness (QED) is 0.823. The lowest BCUT2D eigenvalue weighted by Gasteiger charge is -2.36. The van der Waals surface area contributed by atoms with Crippen LogP contribution in [0.4, 0.5) is 23.8 Å². The van der Waals surface area contributed by atoms with Crippen LogP contribution in [0, 0.1) is 0 Å². The summed E-state index contributed by atoms with van der Waals surface area (Å²) in [6.45, 7) is 5.05. The Hall–Kier alpha value is -2.72. The Labute approximate surface area is 159 Å². The van der Waals surface area contributed by atoms with Crippen LogP contribution in [0.25, 0.3) is 0 Å². The maximum Gasteiger partial charge on any atom is 0.422 e. The Morgan fingerprint density at radius 3 is 2.29 bits per heavy atom. The molecule has 0 radical (unpaired) electrons. The Bertz CT molecular complexity index is 726. The predicted octanol–water partition coefficient (Wildman–Crippen LogP) is 2.78. The van der Waals surface area contributed by atoms with Crippen LogP contribution in [0.2, 0.25) is 0 Å². The van der Waals surface area contributed by atoms with Crippen molar-refractivity contribution in [2.75, 3.05) is 37.7 Å². The third kappa shape index (κ3) is 6.17. The molecule has 1 aromatic rings. The van der Waals surface area contributed by atoms with E-state index in [2.05, 4.69) is 9.72 Å². The number of piperazine rings is 1. The molecule has 0 saturated carbocycles. The van der Waals surface area contributed by atoms with E-state index in [4.69, 9.17) is 9.84 Å². The second kappa shape index (κ2) is 8.11. The van der Waals surface area contributed by atoms with E-state index in [0.29, 0.717) is 26.2 Å². The van der Waals surface area contributed by atoms with Gasteiger partial charge in [-0.1, -0.05) is 0 Å². The second-order valence-electron chi connectivity index (χ2n) is 7.20. The fraction of sp³-hybridized carbons (Fsp3) is 0.588. The van der Waals surface area contributed by atoms with Gasteiger partial charge in [-0.2, -0.15) is 13.2 Å². The minimum Gasteiger partial charge on any atom is -0.483 e. The molecule has 156 valence electrons. The van der Waals surface area contributed by atoms with Crippen LogP contribution in [0.15, 0.2) is 12.3 Å². The first kappa shape index (κ1) is 21.6. The number of ether oxygens (including phenoxy) is 2. The maximum atomic E-state index is 12.4. The van der Waals surface area contributed by atoms with Gasteiger partial charge in [-0.25, -0.2) is 14.6 Å². The molecule has 0 aromatic carbocycles. The lowest BCUT2D eigenvalue weighted by atomic mass is 10.2. The Morgan fingerprint density at radius 1 is 1.18 bits per heavy atom. The molecule has 0 atom stereocenters. The normalized spacial score (nSPS) is 15.4. The molecule has 1 fully saturated rings. The van der Waals surface area contributed by atoms with Crippen molar-refractivity contribution in [2.24, 2.45) is 0 Å². The Kier molecular flexibility index (Phi) is 6.25. The van der Waals surface area contributed by atoms with E-state index in [9.17, 15) is 22.8 Å². The minimum atomic E-state index is -4.60. The number of carboxylic acid groups (broad SMARTS) is 1. The number of rotatable bonds is 4. The number of hydrogen-bond donors (Lipinski definition) is 1. The summed E-state index contributed by atoms with van der Waals surface area (Å²) < 4.78 is 47.2. The van der Waals surface area contributed by atoms with Gasteiger partial charge < -0.3 is 24.4 Å². The maximum absolute atomic E-state index is 12.4. The standard InChI is InChI=1S/C17H22F3N3O5/c1-16(2,3)28-15(26)23-6-4-22(5-7-23)13-8-12(27-10-17(18,19)20)11(9-21-13)14(24)25/h8-9H,4-7,10H2,1-3H3,(H,24,25). The van der Waals surface area contributed by atoms with E-state index < -0.39 is 41.8 Å². The van der Waals surface area contributed by atoms with Crippen LogP contribution in [-0.2, 0) is 4.74 Å². The number of halogens is 3. The number of alkyl halides is 3. The number of carboxylic acids is 1. The van der Waals surface area contributed by atoms with Crippen molar-refractivity contribution in [1.82, 2.24) is 9.88 Å². The highest BCUT2D eigenvalue weighted by molar-refractivity contribution is 5.91. The first-order valence-corrected chi connectivity index (χ1v) is 8.51. The number of aromatic nitrogens is 1. The summed E-state index contributed by atoms with van der Waals surface area (Å²) in [5, 5.41) is 9.11. The van der Waals surface area contributed by atoms with Crippen LogP contribution < -0.4 is 9.64 Å². The summed E-state index contributed by atoms with van der Waals surface area (Å²) in [6, 6.07) is 1.17. The third-order valence-corrected chi connectivity index (χ3v) is 3.73. The molecule has 11 heteroatoms. The van der Waals surface area contributed by atoms with Gasteiger partial charge in [0, 0.05) is 38.4 Å². The van der Waals surface area contributed by atoms with Crippen molar-refractivity contribution in [3.05, 3.63) is 17.8 Å². The van der Waals surface area contributed by atoms with Crippen molar-refractivity contribution in [3.63, 3.8) is 0 Å². The zero-order valence-corrected chi connectivity index (χ0v) is 15.7. The highest BCUT2D eigenvalue weighted by Gasteiger charge is 2.30. The van der Waals surface area contributed by atoms with Crippen molar-refractivity contribution in [3.8, 4) is 5.75 Å². The fourth-order valence-electron chi connectivity index (χ4n) is 2.48. The number of amides is 1. The predicted molar refractivity (Wildman–Crippen MR) is 92.8 cm³/mol. The second-order valence-corrected chi connectivity index (χ2v) is 7.20. The Balaban J connectivity index is 2.08. The van der Waals surface area contributed by atoms with Crippen molar-refractivity contribution in [1.29, 1.82) is 0 Å². The largest absolute Gasteiger partial charge is 0.483 e. The van der Waals surface area contributed by atoms with Gasteiger partial charge in [-0.3, -0.25) is 0 Å². The number of aromatic carboxylic acids is 1. The van der Waals surface area contributed by atoms with E-state index in [1.807, 2.05) is 0 Å². The van der Waals surface area contributed by atoms with Gasteiger partial charge in [-0.15, -0.1) is 0 Å². The molecule has 0 bridgehead atoms. The summed E-state index contributed by atoms with van der Waals surface area (Å²) in [6.07, 6.45) is -4.09. The van der Waals surface area contributed by atoms with Crippen LogP contribution >= 0.6 is 0 Å². The minimum absolute atomic E-state index is 0.269. The number of anilines is 1. The summed E-state index contributed by atoms with van der Waals surface area (Å²) in [5.74, 6) is -1.58. The molecular weight excluding hydrogens is 383 g/mol. The fourth-order valence-corrected chi connectivity index (χ4v) is 2.48. The molecule has 1 aromatic heterocycles. The lowest BCUT2D eigenvalue weighted by Crippen LogP contribution is -2.50. The first-order valence-electron chi connectivity index (χ1n) is 8.51. The number of nitrogens with zero attached hydrogens (tertiary/aromatic N) is 3. The number of carbonyl (C=O) groups is 2. The van der Waals surface area contributed by atoms with Gasteiger partial charge in [-0.05, 0) is 20.8 Å². The summed E-state index contributed by atoms with van der Waals surface area (Å²) in [5.41, 5.74) is -1.08. The number of hydrogen-bond acceptors (Lipinski definition) is 6. The van der Waals surface area contributed by atoms with Crippen LogP contribution in [0.3, 0.4) is 0 Å². The average molecular weight is 405 g/mol. The van der Waals surface area contributed by atoms with E-state index in [-0.39, 0.29) is 5.82 Å². The number of carbonyl (C=O) groups excluding carboxylic acids is 1. The first-order chi connectivity index (χ1) is 12.9. The summed E-state index contributed by atoms with van der Waals surface area (Å²) in [4.78, 5) is 30.5. The highest BCUT2D eigenvalue weighted by Crippen LogP contribution is 2.27. The molecule has 2 rings (SSSR count). The van der Waals surface area contributed by atoms with Crippen molar-refractivity contribution >= 4 is 17.9 Å². The smallest absolute Gasteiger partial charge is 0.422 e. The zero-order valence-electron chi connectivity index (χ0n) is 15.7.